The van der Waals surface area contributed by atoms with Gasteiger partial charge >= 0.3 is 0 Å². The normalized spacial score (nSPS) is 23.7. The van der Waals surface area contributed by atoms with Crippen LogP contribution < -0.4 is 15.0 Å². The quantitative estimate of drug-likeness (QED) is 0.686. The van der Waals surface area contributed by atoms with Gasteiger partial charge in [-0.05, 0) is 49.2 Å². The Morgan fingerprint density at radius 1 is 1.14 bits per heavy atom. The lowest BCUT2D eigenvalue weighted by atomic mass is 9.72. The Bertz CT molecular complexity index is 1140. The predicted octanol–water partition coefficient (Wildman–Crippen LogP) is 2.13. The molecule has 1 fully saturated rings. The summed E-state index contributed by atoms with van der Waals surface area (Å²) < 4.78 is 5.99. The number of fused-ring (bicyclic) bond motifs is 6. The van der Waals surface area contributed by atoms with E-state index in [1.807, 2.05) is 53.4 Å². The minimum atomic E-state index is -0.957. The number of anilines is 1. The van der Waals surface area contributed by atoms with Gasteiger partial charge in [0, 0.05) is 25.8 Å². The molecule has 3 heterocycles. The number of amides is 3. The number of halogens is 1. The van der Waals surface area contributed by atoms with E-state index in [1.54, 1.807) is 23.9 Å². The summed E-state index contributed by atoms with van der Waals surface area (Å²) in [7, 11) is 3.50. The smallest absolute Gasteiger partial charge is 0.242 e. The fourth-order valence-corrected chi connectivity index (χ4v) is 5.68. The minimum Gasteiger partial charge on any atom is -0.494 e. The van der Waals surface area contributed by atoms with Crippen molar-refractivity contribution >= 4 is 35.8 Å². The molecule has 8 nitrogen and oxygen atoms in total. The lowest BCUT2D eigenvalue weighted by molar-refractivity contribution is -0.134. The Labute approximate surface area is 211 Å². The standard InChI is InChI=1S/C26H30N4O4.ClH/c1-27-16-22(31)29-13-11-26-20-9-3-4-10-21(20)30(25(26)33)17-23(32)28(2)12-6-14-34-19-8-5-7-18(15-19)24(26)29;/h3-5,7-10,15,24,27H,6,11-14,16-17H2,1-2H3;1H/t24-,26+;/m0./s1. The van der Waals surface area contributed by atoms with Gasteiger partial charge in [0.05, 0.1) is 19.2 Å². The van der Waals surface area contributed by atoms with E-state index in [2.05, 4.69) is 5.32 Å². The van der Waals surface area contributed by atoms with E-state index in [-0.39, 0.29) is 43.2 Å². The second-order valence-corrected chi connectivity index (χ2v) is 9.24. The number of para-hydroxylation sites is 1. The summed E-state index contributed by atoms with van der Waals surface area (Å²) in [4.78, 5) is 45.6. The van der Waals surface area contributed by atoms with Crippen molar-refractivity contribution < 1.29 is 19.1 Å². The molecule has 0 unspecified atom stereocenters. The van der Waals surface area contributed by atoms with Crippen LogP contribution in [0.4, 0.5) is 5.69 Å². The van der Waals surface area contributed by atoms with Gasteiger partial charge in [-0.25, -0.2) is 0 Å². The van der Waals surface area contributed by atoms with E-state index < -0.39 is 11.5 Å². The van der Waals surface area contributed by atoms with Crippen molar-refractivity contribution in [3.8, 4) is 5.75 Å². The lowest BCUT2D eigenvalue weighted by Gasteiger charge is -2.35. The monoisotopic (exact) mass is 498 g/mol. The molecule has 5 rings (SSSR count). The van der Waals surface area contributed by atoms with Crippen LogP contribution in [0.25, 0.3) is 0 Å². The third-order valence-corrected chi connectivity index (χ3v) is 7.28. The molecule has 9 heteroatoms. The SMILES string of the molecule is CNCC(=O)N1CC[C@]23C(=O)N(CC(=O)N(C)CCCOc4cccc(c4)[C@H]12)c1ccccc13.Cl. The number of nitrogens with zero attached hydrogens (tertiary/aromatic N) is 3. The van der Waals surface area contributed by atoms with Crippen molar-refractivity contribution in [2.75, 3.05) is 51.8 Å². The first-order valence-electron chi connectivity index (χ1n) is 11.8. The molecule has 3 aliphatic rings. The molecule has 2 atom stereocenters. The van der Waals surface area contributed by atoms with Crippen LogP contribution in [-0.2, 0) is 19.8 Å². The molecule has 0 aliphatic carbocycles. The van der Waals surface area contributed by atoms with E-state index in [0.717, 1.165) is 16.8 Å². The third-order valence-electron chi connectivity index (χ3n) is 7.28. The molecule has 35 heavy (non-hydrogen) atoms. The van der Waals surface area contributed by atoms with E-state index in [1.165, 1.54) is 0 Å². The molecule has 2 aromatic rings. The summed E-state index contributed by atoms with van der Waals surface area (Å²) in [5, 5.41) is 2.95. The topological polar surface area (TPSA) is 82.2 Å². The predicted molar refractivity (Wildman–Crippen MR) is 135 cm³/mol. The molecule has 0 aromatic heterocycles. The van der Waals surface area contributed by atoms with Gasteiger partial charge in [-0.2, -0.15) is 0 Å². The molecule has 3 amide bonds. The highest BCUT2D eigenvalue weighted by Crippen LogP contribution is 2.56. The van der Waals surface area contributed by atoms with E-state index in [0.29, 0.717) is 38.3 Å². The van der Waals surface area contributed by atoms with Crippen LogP contribution in [0.1, 0.15) is 30.0 Å². The van der Waals surface area contributed by atoms with Crippen molar-refractivity contribution in [3.05, 3.63) is 59.7 Å². The maximum atomic E-state index is 14.3. The van der Waals surface area contributed by atoms with Crippen LogP contribution in [0.5, 0.6) is 5.75 Å². The number of rotatable bonds is 2. The van der Waals surface area contributed by atoms with Crippen LogP contribution in [0.3, 0.4) is 0 Å². The molecule has 0 saturated carbocycles. The first-order chi connectivity index (χ1) is 16.5. The summed E-state index contributed by atoms with van der Waals surface area (Å²) in [5.74, 6) is 0.399. The number of nitrogens with one attached hydrogen (secondary N) is 1. The van der Waals surface area contributed by atoms with Crippen LogP contribution >= 0.6 is 12.4 Å². The first kappa shape index (κ1) is 25.0. The number of likely N-dealkylation sites (N-methyl/N-ethyl adjacent to an activating group) is 2. The molecule has 2 aromatic carbocycles. The maximum Gasteiger partial charge on any atom is 0.242 e. The highest BCUT2D eigenvalue weighted by atomic mass is 35.5. The van der Waals surface area contributed by atoms with Gasteiger partial charge in [-0.3, -0.25) is 14.4 Å². The number of benzene rings is 2. The van der Waals surface area contributed by atoms with Crippen LogP contribution in [0, 0.1) is 0 Å². The van der Waals surface area contributed by atoms with Crippen molar-refractivity contribution in [2.24, 2.45) is 0 Å². The van der Waals surface area contributed by atoms with E-state index in [4.69, 9.17) is 4.74 Å². The van der Waals surface area contributed by atoms with Crippen molar-refractivity contribution in [2.45, 2.75) is 24.3 Å². The van der Waals surface area contributed by atoms with Crippen LogP contribution in [0.15, 0.2) is 48.5 Å². The molecule has 0 radical (unpaired) electrons. The molecule has 186 valence electrons. The number of likely N-dealkylation sites (tertiary alicyclic amines) is 1. The molecule has 1 saturated heterocycles. The third kappa shape index (κ3) is 4.04. The summed E-state index contributed by atoms with van der Waals surface area (Å²) in [6.07, 6.45) is 1.17. The summed E-state index contributed by atoms with van der Waals surface area (Å²) in [5.41, 5.74) is 1.54. The van der Waals surface area contributed by atoms with Crippen LogP contribution in [0.2, 0.25) is 0 Å². The van der Waals surface area contributed by atoms with Gasteiger partial charge in [0.2, 0.25) is 17.7 Å². The lowest BCUT2D eigenvalue weighted by Crippen LogP contribution is -2.49. The van der Waals surface area contributed by atoms with Gasteiger partial charge in [0.1, 0.15) is 17.7 Å². The zero-order valence-corrected chi connectivity index (χ0v) is 20.8. The van der Waals surface area contributed by atoms with Gasteiger partial charge < -0.3 is 24.8 Å². The Balaban J connectivity index is 0.00000289. The van der Waals surface area contributed by atoms with Gasteiger partial charge in [-0.1, -0.05) is 30.3 Å². The average Bonchev–Trinajstić information content (AvgIpc) is 3.35. The Morgan fingerprint density at radius 2 is 1.94 bits per heavy atom. The van der Waals surface area contributed by atoms with E-state index in [9.17, 15) is 14.4 Å². The Hall–Kier alpha value is -3.10. The van der Waals surface area contributed by atoms with Gasteiger partial charge in [-0.15, -0.1) is 12.4 Å². The Kier molecular flexibility index (Phi) is 7.05. The van der Waals surface area contributed by atoms with Crippen LogP contribution in [-0.4, -0.2) is 74.4 Å². The minimum absolute atomic E-state index is 0. The average molecular weight is 499 g/mol. The van der Waals surface area contributed by atoms with Gasteiger partial charge in [0.15, 0.2) is 0 Å². The zero-order valence-electron chi connectivity index (χ0n) is 20.0. The number of carbonyl (C=O) groups is 3. The van der Waals surface area contributed by atoms with Crippen molar-refractivity contribution in [3.63, 3.8) is 0 Å². The summed E-state index contributed by atoms with van der Waals surface area (Å²) >= 11 is 0. The summed E-state index contributed by atoms with van der Waals surface area (Å²) in [6, 6.07) is 14.9. The Morgan fingerprint density at radius 3 is 2.74 bits per heavy atom. The zero-order chi connectivity index (χ0) is 23.9. The fourth-order valence-electron chi connectivity index (χ4n) is 5.68. The molecule has 1 spiro atoms. The molecule has 3 aliphatic heterocycles. The number of ether oxygens (including phenoxy) is 1. The number of hydrogen-bond acceptors (Lipinski definition) is 5. The second-order valence-electron chi connectivity index (χ2n) is 9.24. The number of hydrogen-bond donors (Lipinski definition) is 1. The molecule has 1 N–H and O–H groups in total. The van der Waals surface area contributed by atoms with Gasteiger partial charge in [0.25, 0.3) is 0 Å². The fraction of sp³-hybridized carbons (Fsp3) is 0.423. The number of carbonyl (C=O) groups excluding carboxylic acids is 3. The molecular weight excluding hydrogens is 468 g/mol. The van der Waals surface area contributed by atoms with Crippen molar-refractivity contribution in [1.82, 2.24) is 15.1 Å². The highest BCUT2D eigenvalue weighted by molar-refractivity contribution is 6.12. The second kappa shape index (κ2) is 9.87. The van der Waals surface area contributed by atoms with E-state index >= 15 is 0 Å². The van der Waals surface area contributed by atoms with Crippen molar-refractivity contribution in [1.29, 1.82) is 0 Å². The molecular formula is C26H31ClN4O4. The summed E-state index contributed by atoms with van der Waals surface area (Å²) in [6.45, 7) is 1.64. The molecule has 4 bridgehead atoms. The highest BCUT2D eigenvalue weighted by Gasteiger charge is 2.61. The maximum absolute atomic E-state index is 14.3. The largest absolute Gasteiger partial charge is 0.494 e. The first-order valence-corrected chi connectivity index (χ1v) is 11.8.